The zero-order valence-electron chi connectivity index (χ0n) is 9.87. The molecule has 7 heteroatoms. The van der Waals surface area contributed by atoms with Gasteiger partial charge in [0, 0.05) is 13.1 Å². The van der Waals surface area contributed by atoms with Crippen LogP contribution in [0.4, 0.5) is 0 Å². The molecular weight excluding hydrogens is 246 g/mol. The van der Waals surface area contributed by atoms with Crippen molar-refractivity contribution in [3.8, 4) is 0 Å². The van der Waals surface area contributed by atoms with E-state index in [4.69, 9.17) is 9.52 Å². The molecule has 0 fully saturated rings. The molecule has 1 unspecified atom stereocenters. The third-order valence-corrected chi connectivity index (χ3v) is 4.48. The van der Waals surface area contributed by atoms with Gasteiger partial charge in [-0.05, 0) is 25.5 Å². The Hall–Kier alpha value is -1.34. The maximum Gasteiger partial charge on any atom is 0.371 e. The second-order valence-corrected chi connectivity index (χ2v) is 5.63. The number of carboxylic acid groups (broad SMARTS) is 1. The van der Waals surface area contributed by atoms with Gasteiger partial charge >= 0.3 is 5.97 Å². The smallest absolute Gasteiger partial charge is 0.371 e. The van der Waals surface area contributed by atoms with Crippen molar-refractivity contribution in [1.82, 2.24) is 4.31 Å². The highest BCUT2D eigenvalue weighted by atomic mass is 32.2. The molecule has 0 saturated carbocycles. The Labute approximate surface area is 99.9 Å². The molecule has 0 radical (unpaired) electrons. The van der Waals surface area contributed by atoms with Gasteiger partial charge in [-0.3, -0.25) is 0 Å². The van der Waals surface area contributed by atoms with E-state index in [1.165, 1.54) is 7.05 Å². The minimum atomic E-state index is -3.76. The van der Waals surface area contributed by atoms with E-state index in [1.807, 2.05) is 6.92 Å². The molecule has 96 valence electrons. The van der Waals surface area contributed by atoms with Crippen LogP contribution in [-0.4, -0.2) is 36.9 Å². The third kappa shape index (κ3) is 2.67. The molecule has 1 rings (SSSR count). The highest BCUT2D eigenvalue weighted by Gasteiger charge is 2.28. The van der Waals surface area contributed by atoms with Crippen LogP contribution in [0.25, 0.3) is 0 Å². The maximum atomic E-state index is 12.0. The van der Waals surface area contributed by atoms with Gasteiger partial charge in [-0.25, -0.2) is 13.2 Å². The summed E-state index contributed by atoms with van der Waals surface area (Å²) >= 11 is 0. The first-order valence-electron chi connectivity index (χ1n) is 5.11. The van der Waals surface area contributed by atoms with Crippen molar-refractivity contribution in [2.75, 3.05) is 7.05 Å². The molecule has 17 heavy (non-hydrogen) atoms. The molecule has 0 bridgehead atoms. The quantitative estimate of drug-likeness (QED) is 0.865. The van der Waals surface area contributed by atoms with Crippen LogP contribution >= 0.6 is 0 Å². The van der Waals surface area contributed by atoms with E-state index >= 15 is 0 Å². The second kappa shape index (κ2) is 4.89. The number of furan rings is 1. The lowest BCUT2D eigenvalue weighted by Gasteiger charge is -2.21. The number of sulfonamides is 1. The first kappa shape index (κ1) is 13.7. The predicted molar refractivity (Wildman–Crippen MR) is 60.4 cm³/mol. The Bertz CT molecular complexity index is 505. The fourth-order valence-corrected chi connectivity index (χ4v) is 2.55. The van der Waals surface area contributed by atoms with E-state index in [0.717, 1.165) is 16.4 Å². The first-order valence-corrected chi connectivity index (χ1v) is 6.55. The molecule has 0 amide bonds. The van der Waals surface area contributed by atoms with Crippen LogP contribution < -0.4 is 0 Å². The van der Waals surface area contributed by atoms with Crippen LogP contribution in [0, 0.1) is 0 Å². The second-order valence-electron chi connectivity index (χ2n) is 3.70. The van der Waals surface area contributed by atoms with Gasteiger partial charge in [0.1, 0.15) is 0 Å². The zero-order chi connectivity index (χ0) is 13.2. The molecule has 1 atom stereocenters. The van der Waals surface area contributed by atoms with Gasteiger partial charge in [0.25, 0.3) is 10.0 Å². The summed E-state index contributed by atoms with van der Waals surface area (Å²) in [5, 5.41) is 8.31. The lowest BCUT2D eigenvalue weighted by Crippen LogP contribution is -2.34. The van der Waals surface area contributed by atoms with E-state index in [1.54, 1.807) is 6.92 Å². The third-order valence-electron chi connectivity index (χ3n) is 2.64. The molecule has 1 heterocycles. The van der Waals surface area contributed by atoms with Crippen LogP contribution in [0.5, 0.6) is 0 Å². The number of rotatable bonds is 5. The number of hydrogen-bond donors (Lipinski definition) is 1. The largest absolute Gasteiger partial charge is 0.475 e. The van der Waals surface area contributed by atoms with Crippen LogP contribution in [0.2, 0.25) is 0 Å². The summed E-state index contributed by atoms with van der Waals surface area (Å²) in [5.41, 5.74) is 0. The van der Waals surface area contributed by atoms with Gasteiger partial charge in [0.15, 0.2) is 0 Å². The molecule has 0 aliphatic heterocycles. The fourth-order valence-electron chi connectivity index (χ4n) is 1.21. The van der Waals surface area contributed by atoms with Gasteiger partial charge in [-0.1, -0.05) is 6.92 Å². The monoisotopic (exact) mass is 261 g/mol. The molecule has 0 aliphatic carbocycles. The van der Waals surface area contributed by atoms with Crippen molar-refractivity contribution in [3.63, 3.8) is 0 Å². The van der Waals surface area contributed by atoms with Crippen molar-refractivity contribution in [3.05, 3.63) is 17.9 Å². The highest BCUT2D eigenvalue weighted by molar-refractivity contribution is 7.89. The average molecular weight is 261 g/mol. The minimum absolute atomic E-state index is 0.182. The van der Waals surface area contributed by atoms with Crippen LogP contribution in [0.1, 0.15) is 30.8 Å². The van der Waals surface area contributed by atoms with Crippen LogP contribution in [0.15, 0.2) is 21.6 Å². The van der Waals surface area contributed by atoms with Crippen molar-refractivity contribution in [2.24, 2.45) is 0 Å². The minimum Gasteiger partial charge on any atom is -0.475 e. The Morgan fingerprint density at radius 3 is 2.53 bits per heavy atom. The summed E-state index contributed by atoms with van der Waals surface area (Å²) in [4.78, 5) is 10.6. The van der Waals surface area contributed by atoms with Gasteiger partial charge < -0.3 is 9.52 Å². The van der Waals surface area contributed by atoms with Gasteiger partial charge in [-0.2, -0.15) is 4.31 Å². The summed E-state index contributed by atoms with van der Waals surface area (Å²) in [6.07, 6.45) is 0.655. The fraction of sp³-hybridized carbons (Fsp3) is 0.500. The molecule has 1 N–H and O–H groups in total. The summed E-state index contributed by atoms with van der Waals surface area (Å²) in [6.45, 7) is 3.63. The summed E-state index contributed by atoms with van der Waals surface area (Å²) in [6, 6.07) is 2.09. The molecule has 0 saturated heterocycles. The topological polar surface area (TPSA) is 87.8 Å². The van der Waals surface area contributed by atoms with E-state index in [-0.39, 0.29) is 16.9 Å². The lowest BCUT2D eigenvalue weighted by molar-refractivity contribution is 0.0656. The summed E-state index contributed by atoms with van der Waals surface area (Å²) in [5.74, 6) is -1.68. The number of nitrogens with zero attached hydrogens (tertiary/aromatic N) is 1. The number of carboxylic acids is 1. The van der Waals surface area contributed by atoms with E-state index in [9.17, 15) is 13.2 Å². The van der Waals surface area contributed by atoms with Gasteiger partial charge in [-0.15, -0.1) is 0 Å². The van der Waals surface area contributed by atoms with Crippen molar-refractivity contribution >= 4 is 16.0 Å². The Morgan fingerprint density at radius 2 is 2.12 bits per heavy atom. The van der Waals surface area contributed by atoms with Gasteiger partial charge in [0.2, 0.25) is 10.9 Å². The molecule has 6 nitrogen and oxygen atoms in total. The highest BCUT2D eigenvalue weighted by Crippen LogP contribution is 2.20. The number of hydrogen-bond acceptors (Lipinski definition) is 4. The first-order chi connectivity index (χ1) is 7.80. The van der Waals surface area contributed by atoms with Crippen molar-refractivity contribution in [2.45, 2.75) is 31.4 Å². The van der Waals surface area contributed by atoms with Crippen LogP contribution in [-0.2, 0) is 10.0 Å². The average Bonchev–Trinajstić information content (AvgIpc) is 2.76. The van der Waals surface area contributed by atoms with E-state index in [2.05, 4.69) is 0 Å². The van der Waals surface area contributed by atoms with Crippen molar-refractivity contribution in [1.29, 1.82) is 0 Å². The zero-order valence-corrected chi connectivity index (χ0v) is 10.7. The van der Waals surface area contributed by atoms with E-state index in [0.29, 0.717) is 6.42 Å². The van der Waals surface area contributed by atoms with E-state index < -0.39 is 16.0 Å². The van der Waals surface area contributed by atoms with Crippen molar-refractivity contribution < 1.29 is 22.7 Å². The molecule has 0 aromatic carbocycles. The maximum absolute atomic E-state index is 12.0. The number of carbonyl (C=O) groups is 1. The SMILES string of the molecule is CCC(C)N(C)S(=O)(=O)c1ccc(C(=O)O)o1. The number of aromatic carboxylic acids is 1. The Morgan fingerprint density at radius 1 is 1.53 bits per heavy atom. The van der Waals surface area contributed by atoms with Crippen LogP contribution in [0.3, 0.4) is 0 Å². The summed E-state index contributed by atoms with van der Waals surface area (Å²) < 4.78 is 30.0. The Balaban J connectivity index is 3.09. The lowest BCUT2D eigenvalue weighted by atomic mass is 10.3. The normalized spacial score (nSPS) is 13.9. The molecule has 1 aromatic heterocycles. The molecule has 0 aliphatic rings. The predicted octanol–water partition coefficient (Wildman–Crippen LogP) is 1.40. The standard InChI is InChI=1S/C10H15NO5S/c1-4-7(2)11(3)17(14,15)9-6-5-8(16-9)10(12)13/h5-7H,4H2,1-3H3,(H,12,13). The summed E-state index contributed by atoms with van der Waals surface area (Å²) in [7, 11) is -2.32. The molecule has 0 spiro atoms. The van der Waals surface area contributed by atoms with Gasteiger partial charge in [0.05, 0.1) is 0 Å². The Kier molecular flexibility index (Phi) is 3.94. The molecular formula is C10H15NO5S. The molecule has 1 aromatic rings.